The van der Waals surface area contributed by atoms with E-state index in [4.69, 9.17) is 11.6 Å². The Morgan fingerprint density at radius 3 is 2.92 bits per heavy atom. The van der Waals surface area contributed by atoms with E-state index in [0.717, 1.165) is 22.0 Å². The Morgan fingerprint density at radius 1 is 1.25 bits per heavy atom. The van der Waals surface area contributed by atoms with Crippen molar-refractivity contribution in [2.45, 2.75) is 6.92 Å². The van der Waals surface area contributed by atoms with Crippen LogP contribution in [-0.2, 0) is 0 Å². The molecule has 0 aliphatic heterocycles. The molecule has 24 heavy (non-hydrogen) atoms. The first kappa shape index (κ1) is 14.7. The first-order chi connectivity index (χ1) is 11.6. The lowest BCUT2D eigenvalue weighted by Gasteiger charge is -1.99. The topological polar surface area (TPSA) is 63.0 Å². The third-order valence-electron chi connectivity index (χ3n) is 3.87. The Morgan fingerprint density at radius 2 is 2.08 bits per heavy atom. The van der Waals surface area contributed by atoms with Gasteiger partial charge < -0.3 is 4.98 Å². The third-order valence-corrected chi connectivity index (χ3v) is 4.22. The number of benzene rings is 2. The van der Waals surface area contributed by atoms with Crippen LogP contribution in [0.1, 0.15) is 11.1 Å². The molecule has 0 spiro atoms. The highest BCUT2D eigenvalue weighted by atomic mass is 35.5. The number of hydrogen-bond acceptors (Lipinski definition) is 3. The first-order valence-corrected chi connectivity index (χ1v) is 7.80. The predicted molar refractivity (Wildman–Crippen MR) is 97.0 cm³/mol. The zero-order valence-electron chi connectivity index (χ0n) is 12.8. The van der Waals surface area contributed by atoms with Crippen LogP contribution in [0.4, 0.5) is 0 Å². The van der Waals surface area contributed by atoms with Crippen LogP contribution in [0.2, 0.25) is 5.02 Å². The van der Waals surface area contributed by atoms with Gasteiger partial charge in [0.15, 0.2) is 0 Å². The standard InChI is InChI=1S/C18H13ClN4O/c1-11-6-7-15-13(8-11)16-17(22-15)18(24)23(10-20-16)21-9-12-4-2-3-5-14(12)19/h2-10,22H,1H3/b21-9-. The van der Waals surface area contributed by atoms with Crippen LogP contribution in [0, 0.1) is 6.92 Å². The highest BCUT2D eigenvalue weighted by molar-refractivity contribution is 6.33. The Kier molecular flexibility index (Phi) is 3.43. The molecule has 0 aliphatic carbocycles. The van der Waals surface area contributed by atoms with E-state index in [1.807, 2.05) is 43.3 Å². The van der Waals surface area contributed by atoms with Crippen LogP contribution < -0.4 is 5.56 Å². The molecule has 0 atom stereocenters. The van der Waals surface area contributed by atoms with Crippen LogP contribution in [-0.4, -0.2) is 20.9 Å². The van der Waals surface area contributed by atoms with Crippen molar-refractivity contribution in [1.29, 1.82) is 0 Å². The summed E-state index contributed by atoms with van der Waals surface area (Å²) in [7, 11) is 0. The van der Waals surface area contributed by atoms with Crippen LogP contribution >= 0.6 is 11.6 Å². The summed E-state index contributed by atoms with van der Waals surface area (Å²) in [6, 6.07) is 13.2. The molecule has 6 heteroatoms. The molecule has 4 rings (SSSR count). The van der Waals surface area contributed by atoms with Gasteiger partial charge in [-0.1, -0.05) is 41.4 Å². The minimum atomic E-state index is -0.253. The van der Waals surface area contributed by atoms with Gasteiger partial charge >= 0.3 is 0 Å². The van der Waals surface area contributed by atoms with Crippen molar-refractivity contribution >= 4 is 39.8 Å². The number of aromatic nitrogens is 3. The summed E-state index contributed by atoms with van der Waals surface area (Å²) in [4.78, 5) is 20.2. The van der Waals surface area contributed by atoms with Crippen molar-refractivity contribution in [3.63, 3.8) is 0 Å². The Labute approximate surface area is 142 Å². The van der Waals surface area contributed by atoms with Crippen molar-refractivity contribution in [2.75, 3.05) is 0 Å². The van der Waals surface area contributed by atoms with E-state index in [-0.39, 0.29) is 5.56 Å². The summed E-state index contributed by atoms with van der Waals surface area (Å²) in [6.45, 7) is 2.01. The van der Waals surface area contributed by atoms with E-state index < -0.39 is 0 Å². The minimum Gasteiger partial charge on any atom is -0.349 e. The molecule has 4 aromatic rings. The number of nitrogens with one attached hydrogen (secondary N) is 1. The summed E-state index contributed by atoms with van der Waals surface area (Å²) in [5.41, 5.74) is 3.58. The van der Waals surface area contributed by atoms with Crippen LogP contribution in [0.15, 0.2) is 58.7 Å². The molecule has 118 valence electrons. The molecule has 0 saturated carbocycles. The van der Waals surface area contributed by atoms with Gasteiger partial charge in [0.05, 0.1) is 6.21 Å². The normalized spacial score (nSPS) is 11.8. The predicted octanol–water partition coefficient (Wildman–Crippen LogP) is 3.72. The van der Waals surface area contributed by atoms with Crippen LogP contribution in [0.25, 0.3) is 21.9 Å². The van der Waals surface area contributed by atoms with Crippen molar-refractivity contribution in [1.82, 2.24) is 14.6 Å². The van der Waals surface area contributed by atoms with Gasteiger partial charge in [0, 0.05) is 21.5 Å². The van der Waals surface area contributed by atoms with Crippen molar-refractivity contribution in [2.24, 2.45) is 5.10 Å². The number of halogens is 1. The van der Waals surface area contributed by atoms with Gasteiger partial charge in [0.2, 0.25) is 0 Å². The maximum absolute atomic E-state index is 12.6. The molecule has 1 N–H and O–H groups in total. The van der Waals surface area contributed by atoms with Crippen molar-refractivity contribution in [3.8, 4) is 0 Å². The Bertz CT molecular complexity index is 1160. The quantitative estimate of drug-likeness (QED) is 0.567. The molecule has 2 aromatic heterocycles. The van der Waals surface area contributed by atoms with Gasteiger partial charge in [0.1, 0.15) is 17.4 Å². The van der Waals surface area contributed by atoms with Gasteiger partial charge in [-0.3, -0.25) is 4.79 Å². The number of nitrogens with zero attached hydrogens (tertiary/aromatic N) is 3. The highest BCUT2D eigenvalue weighted by Gasteiger charge is 2.10. The van der Waals surface area contributed by atoms with E-state index in [0.29, 0.717) is 16.1 Å². The second kappa shape index (κ2) is 5.62. The van der Waals surface area contributed by atoms with Gasteiger partial charge in [-0.05, 0) is 25.1 Å². The SMILES string of the molecule is Cc1ccc2[nH]c3c(=O)n(/N=C\c4ccccc4Cl)cnc3c2c1. The fourth-order valence-corrected chi connectivity index (χ4v) is 2.83. The zero-order valence-corrected chi connectivity index (χ0v) is 13.6. The highest BCUT2D eigenvalue weighted by Crippen LogP contribution is 2.22. The molecule has 2 aromatic carbocycles. The summed E-state index contributed by atoms with van der Waals surface area (Å²) in [5, 5.41) is 5.70. The summed E-state index contributed by atoms with van der Waals surface area (Å²) >= 11 is 6.09. The van der Waals surface area contributed by atoms with E-state index >= 15 is 0 Å². The zero-order chi connectivity index (χ0) is 16.7. The lowest BCUT2D eigenvalue weighted by atomic mass is 10.2. The first-order valence-electron chi connectivity index (χ1n) is 7.42. The summed E-state index contributed by atoms with van der Waals surface area (Å²) in [5.74, 6) is 0. The van der Waals surface area contributed by atoms with E-state index in [1.165, 1.54) is 11.0 Å². The van der Waals surface area contributed by atoms with E-state index in [9.17, 15) is 4.79 Å². The molecule has 0 fully saturated rings. The smallest absolute Gasteiger partial charge is 0.298 e. The van der Waals surface area contributed by atoms with Crippen LogP contribution in [0.3, 0.4) is 0 Å². The monoisotopic (exact) mass is 336 g/mol. The van der Waals surface area contributed by atoms with Crippen molar-refractivity contribution < 1.29 is 0 Å². The lowest BCUT2D eigenvalue weighted by molar-refractivity contribution is 0.815. The number of aromatic amines is 1. The number of fused-ring (bicyclic) bond motifs is 3. The molecule has 0 aliphatic rings. The average molecular weight is 337 g/mol. The fraction of sp³-hybridized carbons (Fsp3) is 0.0556. The maximum Gasteiger partial charge on any atom is 0.298 e. The molecule has 0 radical (unpaired) electrons. The number of hydrogen-bond donors (Lipinski definition) is 1. The number of rotatable bonds is 2. The van der Waals surface area contributed by atoms with E-state index in [2.05, 4.69) is 15.1 Å². The summed E-state index contributed by atoms with van der Waals surface area (Å²) < 4.78 is 1.20. The molecular formula is C18H13ClN4O. The maximum atomic E-state index is 12.6. The summed E-state index contributed by atoms with van der Waals surface area (Å²) in [6.07, 6.45) is 2.97. The number of H-pyrrole nitrogens is 1. The fourth-order valence-electron chi connectivity index (χ4n) is 2.65. The minimum absolute atomic E-state index is 0.253. The molecule has 0 amide bonds. The molecule has 0 bridgehead atoms. The third kappa shape index (κ3) is 2.39. The van der Waals surface area contributed by atoms with Crippen LogP contribution in [0.5, 0.6) is 0 Å². The molecular weight excluding hydrogens is 324 g/mol. The Hall–Kier alpha value is -2.92. The van der Waals surface area contributed by atoms with Gasteiger partial charge in [-0.15, -0.1) is 0 Å². The molecule has 0 saturated heterocycles. The molecule has 5 nitrogen and oxygen atoms in total. The second-order valence-corrected chi connectivity index (χ2v) is 5.97. The van der Waals surface area contributed by atoms with Gasteiger partial charge in [-0.2, -0.15) is 9.78 Å². The Balaban J connectivity index is 1.86. The van der Waals surface area contributed by atoms with Crippen molar-refractivity contribution in [3.05, 3.63) is 75.3 Å². The average Bonchev–Trinajstić information content (AvgIpc) is 2.94. The van der Waals surface area contributed by atoms with Gasteiger partial charge in [-0.25, -0.2) is 4.98 Å². The largest absolute Gasteiger partial charge is 0.349 e. The lowest BCUT2D eigenvalue weighted by Crippen LogP contribution is -2.17. The van der Waals surface area contributed by atoms with Gasteiger partial charge in [0.25, 0.3) is 5.56 Å². The second-order valence-electron chi connectivity index (χ2n) is 5.56. The van der Waals surface area contributed by atoms with E-state index in [1.54, 1.807) is 12.3 Å². The molecule has 0 unspecified atom stereocenters. The molecule has 2 heterocycles. The number of aryl methyl sites for hydroxylation is 1.